The van der Waals surface area contributed by atoms with Gasteiger partial charge in [0, 0.05) is 25.3 Å². The molecule has 1 rings (SSSR count). The number of nitrogens with zero attached hydrogens (tertiary/aromatic N) is 1. The van der Waals surface area contributed by atoms with Gasteiger partial charge in [0.25, 0.3) is 0 Å². The standard InChI is InChI=1S/C15H25N3O/c1-11(2)12(3)17-15(19)10-18(4)14-7-5-6-13(8-14)9-16/h5-8,11-12H,9-10,16H2,1-4H3,(H,17,19). The fraction of sp³-hybridized carbons (Fsp3) is 0.533. The number of hydrogen-bond donors (Lipinski definition) is 2. The molecule has 3 N–H and O–H groups in total. The van der Waals surface area contributed by atoms with Crippen LogP contribution < -0.4 is 16.0 Å². The summed E-state index contributed by atoms with van der Waals surface area (Å²) < 4.78 is 0. The van der Waals surface area contributed by atoms with E-state index in [1.54, 1.807) is 0 Å². The van der Waals surface area contributed by atoms with Crippen molar-refractivity contribution < 1.29 is 4.79 Å². The zero-order valence-electron chi connectivity index (χ0n) is 12.3. The molecule has 1 unspecified atom stereocenters. The molecular weight excluding hydrogens is 238 g/mol. The highest BCUT2D eigenvalue weighted by Crippen LogP contribution is 2.14. The minimum Gasteiger partial charge on any atom is -0.365 e. The maximum absolute atomic E-state index is 11.9. The lowest BCUT2D eigenvalue weighted by Gasteiger charge is -2.22. The van der Waals surface area contributed by atoms with Crippen LogP contribution in [0.25, 0.3) is 0 Å². The molecule has 1 atom stereocenters. The van der Waals surface area contributed by atoms with E-state index in [2.05, 4.69) is 19.2 Å². The minimum absolute atomic E-state index is 0.0434. The maximum Gasteiger partial charge on any atom is 0.239 e. The molecule has 0 aliphatic rings. The number of anilines is 1. The molecule has 1 aromatic rings. The third kappa shape index (κ3) is 4.91. The van der Waals surface area contributed by atoms with Gasteiger partial charge in [-0.1, -0.05) is 26.0 Å². The maximum atomic E-state index is 11.9. The third-order valence-electron chi connectivity index (χ3n) is 3.36. The molecule has 0 saturated heterocycles. The van der Waals surface area contributed by atoms with Gasteiger partial charge in [-0.25, -0.2) is 0 Å². The Morgan fingerprint density at radius 2 is 2.05 bits per heavy atom. The summed E-state index contributed by atoms with van der Waals surface area (Å²) in [6, 6.07) is 8.13. The molecule has 0 aliphatic heterocycles. The van der Waals surface area contributed by atoms with Gasteiger partial charge in [-0.3, -0.25) is 4.79 Å². The highest BCUT2D eigenvalue weighted by atomic mass is 16.2. The molecule has 19 heavy (non-hydrogen) atoms. The van der Waals surface area contributed by atoms with E-state index in [9.17, 15) is 4.79 Å². The van der Waals surface area contributed by atoms with E-state index in [1.165, 1.54) is 0 Å². The van der Waals surface area contributed by atoms with Gasteiger partial charge in [0.1, 0.15) is 0 Å². The fourth-order valence-corrected chi connectivity index (χ4v) is 1.69. The number of nitrogens with one attached hydrogen (secondary N) is 1. The molecule has 106 valence electrons. The molecule has 4 heteroatoms. The van der Waals surface area contributed by atoms with Gasteiger partial charge in [0.2, 0.25) is 5.91 Å². The van der Waals surface area contributed by atoms with E-state index < -0.39 is 0 Å². The van der Waals surface area contributed by atoms with Crippen molar-refractivity contribution in [3.8, 4) is 0 Å². The summed E-state index contributed by atoms with van der Waals surface area (Å²) in [5.74, 6) is 0.483. The van der Waals surface area contributed by atoms with Crippen LogP contribution >= 0.6 is 0 Å². The summed E-state index contributed by atoms with van der Waals surface area (Å²) in [5.41, 5.74) is 7.70. The van der Waals surface area contributed by atoms with Gasteiger partial charge in [-0.15, -0.1) is 0 Å². The number of nitrogens with two attached hydrogens (primary N) is 1. The predicted octanol–water partition coefficient (Wildman–Crippen LogP) is 1.74. The Morgan fingerprint density at radius 1 is 1.37 bits per heavy atom. The quantitative estimate of drug-likeness (QED) is 0.822. The Kier molecular flexibility index (Phi) is 5.83. The Balaban J connectivity index is 2.58. The summed E-state index contributed by atoms with van der Waals surface area (Å²) in [4.78, 5) is 13.9. The Bertz CT molecular complexity index is 418. The van der Waals surface area contributed by atoms with Gasteiger partial charge in [0.15, 0.2) is 0 Å². The second kappa shape index (κ2) is 7.14. The van der Waals surface area contributed by atoms with Crippen LogP contribution in [0.3, 0.4) is 0 Å². The second-order valence-electron chi connectivity index (χ2n) is 5.33. The number of hydrogen-bond acceptors (Lipinski definition) is 3. The molecule has 0 saturated carbocycles. The first kappa shape index (κ1) is 15.5. The van der Waals surface area contributed by atoms with Crippen molar-refractivity contribution in [1.82, 2.24) is 5.32 Å². The van der Waals surface area contributed by atoms with E-state index in [-0.39, 0.29) is 11.9 Å². The summed E-state index contributed by atoms with van der Waals surface area (Å²) in [6.45, 7) is 7.08. The van der Waals surface area contributed by atoms with Crippen molar-refractivity contribution in [3.05, 3.63) is 29.8 Å². The van der Waals surface area contributed by atoms with Crippen molar-refractivity contribution in [2.45, 2.75) is 33.4 Å². The van der Waals surface area contributed by atoms with E-state index in [0.29, 0.717) is 19.0 Å². The van der Waals surface area contributed by atoms with Crippen molar-refractivity contribution in [2.24, 2.45) is 11.7 Å². The Morgan fingerprint density at radius 3 is 2.63 bits per heavy atom. The normalized spacial score (nSPS) is 12.3. The topological polar surface area (TPSA) is 58.4 Å². The average Bonchev–Trinajstić information content (AvgIpc) is 2.38. The zero-order valence-corrected chi connectivity index (χ0v) is 12.3. The fourth-order valence-electron chi connectivity index (χ4n) is 1.69. The lowest BCUT2D eigenvalue weighted by molar-refractivity contribution is -0.120. The lowest BCUT2D eigenvalue weighted by Crippen LogP contribution is -2.41. The first-order chi connectivity index (χ1) is 8.93. The van der Waals surface area contributed by atoms with Crippen molar-refractivity contribution in [1.29, 1.82) is 0 Å². The van der Waals surface area contributed by atoms with E-state index >= 15 is 0 Å². The average molecular weight is 263 g/mol. The van der Waals surface area contributed by atoms with Crippen LogP contribution in [0.5, 0.6) is 0 Å². The zero-order chi connectivity index (χ0) is 14.4. The second-order valence-corrected chi connectivity index (χ2v) is 5.33. The van der Waals surface area contributed by atoms with Crippen molar-refractivity contribution >= 4 is 11.6 Å². The number of likely N-dealkylation sites (N-methyl/N-ethyl adjacent to an activating group) is 1. The van der Waals surface area contributed by atoms with Crippen molar-refractivity contribution in [2.75, 3.05) is 18.5 Å². The molecule has 0 aliphatic carbocycles. The highest BCUT2D eigenvalue weighted by Gasteiger charge is 2.12. The number of carbonyl (C=O) groups is 1. The van der Waals surface area contributed by atoms with Gasteiger partial charge >= 0.3 is 0 Å². The molecule has 0 heterocycles. The van der Waals surface area contributed by atoms with Crippen LogP contribution in [0.4, 0.5) is 5.69 Å². The summed E-state index contributed by atoms with van der Waals surface area (Å²) in [5, 5.41) is 3.00. The van der Waals surface area contributed by atoms with Crippen LogP contribution in [0.2, 0.25) is 0 Å². The Labute approximate surface area is 116 Å². The largest absolute Gasteiger partial charge is 0.365 e. The molecule has 0 spiro atoms. The predicted molar refractivity (Wildman–Crippen MR) is 80.0 cm³/mol. The molecule has 4 nitrogen and oxygen atoms in total. The monoisotopic (exact) mass is 263 g/mol. The highest BCUT2D eigenvalue weighted by molar-refractivity contribution is 5.81. The molecule has 0 fully saturated rings. The third-order valence-corrected chi connectivity index (χ3v) is 3.36. The first-order valence-electron chi connectivity index (χ1n) is 6.73. The number of rotatable bonds is 6. The number of benzene rings is 1. The SMILES string of the molecule is CC(C)C(C)NC(=O)CN(C)c1cccc(CN)c1. The van der Waals surface area contributed by atoms with Gasteiger partial charge in [-0.05, 0) is 30.5 Å². The van der Waals surface area contributed by atoms with Gasteiger partial charge < -0.3 is 16.0 Å². The van der Waals surface area contributed by atoms with E-state index in [0.717, 1.165) is 11.3 Å². The summed E-state index contributed by atoms with van der Waals surface area (Å²) >= 11 is 0. The molecule has 1 amide bonds. The summed E-state index contributed by atoms with van der Waals surface area (Å²) in [6.07, 6.45) is 0. The first-order valence-corrected chi connectivity index (χ1v) is 6.73. The molecular formula is C15H25N3O. The van der Waals surface area contributed by atoms with Crippen LogP contribution in [-0.2, 0) is 11.3 Å². The van der Waals surface area contributed by atoms with Crippen LogP contribution in [0, 0.1) is 5.92 Å². The van der Waals surface area contributed by atoms with E-state index in [4.69, 9.17) is 5.73 Å². The Hall–Kier alpha value is -1.55. The van der Waals surface area contributed by atoms with Gasteiger partial charge in [-0.2, -0.15) is 0 Å². The molecule has 0 bridgehead atoms. The smallest absolute Gasteiger partial charge is 0.239 e. The molecule has 1 aromatic carbocycles. The lowest BCUT2D eigenvalue weighted by atomic mass is 10.1. The van der Waals surface area contributed by atoms with Crippen LogP contribution in [0.1, 0.15) is 26.3 Å². The number of amides is 1. The van der Waals surface area contributed by atoms with E-state index in [1.807, 2.05) is 43.1 Å². The van der Waals surface area contributed by atoms with Crippen LogP contribution in [-0.4, -0.2) is 25.5 Å². The van der Waals surface area contributed by atoms with Crippen LogP contribution in [0.15, 0.2) is 24.3 Å². The number of carbonyl (C=O) groups excluding carboxylic acids is 1. The van der Waals surface area contributed by atoms with Gasteiger partial charge in [0.05, 0.1) is 6.54 Å². The molecule has 0 aromatic heterocycles. The summed E-state index contributed by atoms with van der Waals surface area (Å²) in [7, 11) is 1.91. The van der Waals surface area contributed by atoms with Crippen molar-refractivity contribution in [3.63, 3.8) is 0 Å². The molecule has 0 radical (unpaired) electrons. The minimum atomic E-state index is 0.0434.